The summed E-state index contributed by atoms with van der Waals surface area (Å²) in [5, 5.41) is 8.84. The third-order valence-electron chi connectivity index (χ3n) is 5.05. The standard InChI is InChI=1S/C20H40O3Si/c1-18(17-23-24(5,6)20(2,3)4)15-13-11-9-7-8-10-12-14-16-19(21)22/h15H,7-14,16-17H2,1-6H3,(H,21,22)/b18-15+. The highest BCUT2D eigenvalue weighted by atomic mass is 28.4. The van der Waals surface area contributed by atoms with Crippen molar-refractivity contribution in [1.29, 1.82) is 0 Å². The van der Waals surface area contributed by atoms with Gasteiger partial charge in [0.25, 0.3) is 0 Å². The smallest absolute Gasteiger partial charge is 0.303 e. The van der Waals surface area contributed by atoms with Crippen molar-refractivity contribution in [2.24, 2.45) is 0 Å². The molecule has 0 spiro atoms. The molecule has 0 aliphatic heterocycles. The maximum absolute atomic E-state index is 10.4. The Hall–Kier alpha value is -0.613. The lowest BCUT2D eigenvalue weighted by molar-refractivity contribution is -0.137. The van der Waals surface area contributed by atoms with Crippen molar-refractivity contribution < 1.29 is 14.3 Å². The fourth-order valence-electron chi connectivity index (χ4n) is 2.22. The normalized spacial score (nSPS) is 13.3. The maximum Gasteiger partial charge on any atom is 0.303 e. The summed E-state index contributed by atoms with van der Waals surface area (Å²) < 4.78 is 6.23. The number of hydrogen-bond donors (Lipinski definition) is 1. The first-order valence-electron chi connectivity index (χ1n) is 9.57. The summed E-state index contributed by atoms with van der Waals surface area (Å²) in [5.41, 5.74) is 1.36. The van der Waals surface area contributed by atoms with Gasteiger partial charge in [0, 0.05) is 6.42 Å². The Balaban J connectivity index is 3.65. The second kappa shape index (κ2) is 11.9. The van der Waals surface area contributed by atoms with Crippen LogP contribution in [0.1, 0.15) is 85.5 Å². The summed E-state index contributed by atoms with van der Waals surface area (Å²) in [7, 11) is -1.63. The number of unbranched alkanes of at least 4 members (excludes halogenated alkanes) is 7. The first-order valence-corrected chi connectivity index (χ1v) is 12.5. The Bertz CT molecular complexity index is 381. The van der Waals surface area contributed by atoms with Crippen LogP contribution in [-0.2, 0) is 9.22 Å². The molecule has 4 heteroatoms. The molecular formula is C20H40O3Si. The van der Waals surface area contributed by atoms with E-state index < -0.39 is 14.3 Å². The summed E-state index contributed by atoms with van der Waals surface area (Å²) in [6.07, 6.45) is 11.9. The van der Waals surface area contributed by atoms with E-state index in [-0.39, 0.29) is 5.04 Å². The highest BCUT2D eigenvalue weighted by Gasteiger charge is 2.36. The largest absolute Gasteiger partial charge is 0.481 e. The van der Waals surface area contributed by atoms with E-state index in [4.69, 9.17) is 9.53 Å². The van der Waals surface area contributed by atoms with Gasteiger partial charge in [0.1, 0.15) is 0 Å². The molecule has 0 rings (SSSR count). The zero-order chi connectivity index (χ0) is 18.6. The molecular weight excluding hydrogens is 316 g/mol. The maximum atomic E-state index is 10.4. The average Bonchev–Trinajstić information content (AvgIpc) is 2.45. The van der Waals surface area contributed by atoms with Crippen molar-refractivity contribution in [2.75, 3.05) is 6.61 Å². The number of carboxylic acid groups (broad SMARTS) is 1. The molecule has 0 saturated heterocycles. The van der Waals surface area contributed by atoms with Crippen LogP contribution < -0.4 is 0 Å². The summed E-state index contributed by atoms with van der Waals surface area (Å²) in [4.78, 5) is 10.4. The number of allylic oxidation sites excluding steroid dienone is 1. The lowest BCUT2D eigenvalue weighted by Gasteiger charge is -2.36. The Morgan fingerprint density at radius 1 is 1.00 bits per heavy atom. The molecule has 0 aromatic heterocycles. The minimum atomic E-state index is -1.63. The molecule has 0 amide bonds. The molecule has 0 heterocycles. The van der Waals surface area contributed by atoms with E-state index in [1.54, 1.807) is 0 Å². The Morgan fingerprint density at radius 2 is 1.50 bits per heavy atom. The number of carbonyl (C=O) groups is 1. The SMILES string of the molecule is C/C(=C\CCCCCCCCCC(=O)O)CO[Si](C)(C)C(C)(C)C. The minimum absolute atomic E-state index is 0.276. The van der Waals surface area contributed by atoms with Crippen LogP contribution in [0.25, 0.3) is 0 Å². The zero-order valence-corrected chi connectivity index (χ0v) is 17.9. The summed E-state index contributed by atoms with van der Waals surface area (Å²) >= 11 is 0. The van der Waals surface area contributed by atoms with Crippen LogP contribution in [0, 0.1) is 0 Å². The summed E-state index contributed by atoms with van der Waals surface area (Å²) in [5.74, 6) is -0.672. The Kier molecular flexibility index (Phi) is 11.6. The number of hydrogen-bond acceptors (Lipinski definition) is 2. The lowest BCUT2D eigenvalue weighted by Crippen LogP contribution is -2.41. The molecule has 0 unspecified atom stereocenters. The van der Waals surface area contributed by atoms with E-state index >= 15 is 0 Å². The molecule has 0 radical (unpaired) electrons. The molecule has 142 valence electrons. The molecule has 0 aliphatic carbocycles. The Labute approximate surface area is 151 Å². The van der Waals surface area contributed by atoms with Crippen molar-refractivity contribution >= 4 is 14.3 Å². The quantitative estimate of drug-likeness (QED) is 0.231. The minimum Gasteiger partial charge on any atom is -0.481 e. The molecule has 1 N–H and O–H groups in total. The summed E-state index contributed by atoms with van der Waals surface area (Å²) in [6, 6.07) is 0. The molecule has 0 aromatic carbocycles. The van der Waals surface area contributed by atoms with E-state index in [1.165, 1.54) is 37.7 Å². The molecule has 24 heavy (non-hydrogen) atoms. The first kappa shape index (κ1) is 23.4. The van der Waals surface area contributed by atoms with Crippen LogP contribution in [0.4, 0.5) is 0 Å². The third kappa shape index (κ3) is 11.9. The van der Waals surface area contributed by atoms with E-state index in [0.717, 1.165) is 25.9 Å². The number of aliphatic carboxylic acids is 1. The van der Waals surface area contributed by atoms with Crippen LogP contribution in [-0.4, -0.2) is 26.0 Å². The fourth-order valence-corrected chi connectivity index (χ4v) is 3.24. The van der Waals surface area contributed by atoms with Crippen LogP contribution in [0.3, 0.4) is 0 Å². The second-order valence-corrected chi connectivity index (χ2v) is 13.3. The van der Waals surface area contributed by atoms with Gasteiger partial charge in [-0.05, 0) is 44.3 Å². The Morgan fingerprint density at radius 3 is 2.00 bits per heavy atom. The van der Waals surface area contributed by atoms with Crippen molar-refractivity contribution in [3.05, 3.63) is 11.6 Å². The van der Waals surface area contributed by atoms with Gasteiger partial charge in [-0.3, -0.25) is 4.79 Å². The highest BCUT2D eigenvalue weighted by molar-refractivity contribution is 6.74. The van der Waals surface area contributed by atoms with Crippen molar-refractivity contribution in [2.45, 2.75) is 104 Å². The molecule has 0 atom stereocenters. The van der Waals surface area contributed by atoms with Crippen molar-refractivity contribution in [3.8, 4) is 0 Å². The van der Waals surface area contributed by atoms with Gasteiger partial charge < -0.3 is 9.53 Å². The highest BCUT2D eigenvalue weighted by Crippen LogP contribution is 2.36. The number of carboxylic acids is 1. The van der Waals surface area contributed by atoms with Gasteiger partial charge >= 0.3 is 5.97 Å². The van der Waals surface area contributed by atoms with Gasteiger partial charge in [0.05, 0.1) is 6.61 Å². The molecule has 0 saturated carbocycles. The van der Waals surface area contributed by atoms with Gasteiger partial charge in [-0.25, -0.2) is 0 Å². The predicted octanol–water partition coefficient (Wildman–Crippen LogP) is 6.55. The van der Waals surface area contributed by atoms with Crippen LogP contribution in [0.5, 0.6) is 0 Å². The molecule has 0 fully saturated rings. The first-order chi connectivity index (χ1) is 11.1. The predicted molar refractivity (Wildman–Crippen MR) is 106 cm³/mol. The van der Waals surface area contributed by atoms with Gasteiger partial charge in [-0.15, -0.1) is 0 Å². The van der Waals surface area contributed by atoms with Crippen molar-refractivity contribution in [1.82, 2.24) is 0 Å². The van der Waals surface area contributed by atoms with Gasteiger partial charge in [-0.1, -0.05) is 64.5 Å². The zero-order valence-electron chi connectivity index (χ0n) is 16.9. The summed E-state index contributed by atoms with van der Waals surface area (Å²) in [6.45, 7) is 14.4. The number of rotatable bonds is 13. The third-order valence-corrected chi connectivity index (χ3v) is 9.53. The molecule has 0 aliphatic rings. The van der Waals surface area contributed by atoms with Crippen LogP contribution in [0.2, 0.25) is 18.1 Å². The second-order valence-electron chi connectivity index (χ2n) is 8.51. The van der Waals surface area contributed by atoms with Gasteiger partial charge in [0.2, 0.25) is 0 Å². The van der Waals surface area contributed by atoms with E-state index in [2.05, 4.69) is 46.9 Å². The van der Waals surface area contributed by atoms with Crippen molar-refractivity contribution in [3.63, 3.8) is 0 Å². The molecule has 3 nitrogen and oxygen atoms in total. The molecule has 0 bridgehead atoms. The van der Waals surface area contributed by atoms with Crippen LogP contribution >= 0.6 is 0 Å². The van der Waals surface area contributed by atoms with Crippen LogP contribution in [0.15, 0.2) is 11.6 Å². The lowest BCUT2D eigenvalue weighted by atomic mass is 10.1. The molecule has 0 aromatic rings. The van der Waals surface area contributed by atoms with E-state index in [0.29, 0.717) is 6.42 Å². The van der Waals surface area contributed by atoms with Gasteiger partial charge in [-0.2, -0.15) is 0 Å². The topological polar surface area (TPSA) is 46.5 Å². The van der Waals surface area contributed by atoms with E-state index in [1.807, 2.05) is 0 Å². The van der Waals surface area contributed by atoms with Gasteiger partial charge in [0.15, 0.2) is 8.32 Å². The average molecular weight is 357 g/mol. The monoisotopic (exact) mass is 356 g/mol. The fraction of sp³-hybridized carbons (Fsp3) is 0.850. The van der Waals surface area contributed by atoms with E-state index in [9.17, 15) is 4.79 Å².